The van der Waals surface area contributed by atoms with Gasteiger partial charge in [-0.2, -0.15) is 0 Å². The van der Waals surface area contributed by atoms with Crippen LogP contribution in [0.25, 0.3) is 10.8 Å². The van der Waals surface area contributed by atoms with E-state index in [1.165, 1.54) is 24.3 Å². The van der Waals surface area contributed by atoms with Crippen LogP contribution in [0.1, 0.15) is 43.5 Å². The van der Waals surface area contributed by atoms with E-state index in [9.17, 15) is 23.1 Å². The molecule has 10 heteroatoms. The molecule has 0 aliphatic carbocycles. The maximum Gasteiger partial charge on any atom is 0.255 e. The Morgan fingerprint density at radius 3 is 2.34 bits per heavy atom. The quantitative estimate of drug-likeness (QED) is 0.351. The van der Waals surface area contributed by atoms with Crippen molar-refractivity contribution < 1.29 is 32.6 Å². The summed E-state index contributed by atoms with van der Waals surface area (Å²) in [6.45, 7) is 4.90. The number of rotatable bonds is 9. The van der Waals surface area contributed by atoms with Gasteiger partial charge < -0.3 is 25.6 Å². The number of nitrogens with two attached hydrogens (primary N) is 1. The first-order valence-electron chi connectivity index (χ1n) is 12.6. The number of hydrogen-bond donors (Lipinski definition) is 3. The maximum atomic E-state index is 13.2. The van der Waals surface area contributed by atoms with Gasteiger partial charge in [-0.25, -0.2) is 8.42 Å². The van der Waals surface area contributed by atoms with Crippen molar-refractivity contribution >= 4 is 32.4 Å². The summed E-state index contributed by atoms with van der Waals surface area (Å²) in [6, 6.07) is 16.5. The number of primary amides is 1. The third-order valence-corrected chi connectivity index (χ3v) is 8.95. The molecule has 1 heterocycles. The van der Waals surface area contributed by atoms with Gasteiger partial charge in [-0.05, 0) is 55.0 Å². The second kappa shape index (κ2) is 12.7. The number of carbonyl (C=O) groups excluding carboxylic acids is 2. The van der Waals surface area contributed by atoms with E-state index in [1.807, 2.05) is 26.0 Å². The SMILES string of the molecule is CC.NC(=O)C1(S(=O)(=O)c2ccc(OCCCNC(=O)c3ccc4ccccc4c3O)cc2)CCOCC1. The molecule has 0 bridgehead atoms. The first kappa shape index (κ1) is 28.9. The summed E-state index contributed by atoms with van der Waals surface area (Å²) < 4.78 is 35.6. The lowest BCUT2D eigenvalue weighted by Crippen LogP contribution is -2.53. The third kappa shape index (κ3) is 5.92. The minimum absolute atomic E-state index is 0.00185. The molecule has 0 atom stereocenters. The number of hydrogen-bond acceptors (Lipinski definition) is 7. The molecular weight excluding hydrogens is 508 g/mol. The normalized spacial score (nSPS) is 14.7. The second-order valence-corrected chi connectivity index (χ2v) is 10.8. The number of fused-ring (bicyclic) bond motifs is 1. The molecule has 38 heavy (non-hydrogen) atoms. The van der Waals surface area contributed by atoms with Crippen LogP contribution in [-0.4, -0.2) is 56.5 Å². The number of phenolic OH excluding ortho intramolecular Hbond substituents is 1. The molecule has 0 saturated carbocycles. The molecule has 3 aromatic rings. The van der Waals surface area contributed by atoms with Crippen LogP contribution in [0.4, 0.5) is 0 Å². The Morgan fingerprint density at radius 2 is 1.68 bits per heavy atom. The Balaban J connectivity index is 0.00000195. The van der Waals surface area contributed by atoms with Gasteiger partial charge in [0.1, 0.15) is 11.5 Å². The summed E-state index contributed by atoms with van der Waals surface area (Å²) in [6.07, 6.45) is 0.530. The Bertz CT molecular complexity index is 1370. The topological polar surface area (TPSA) is 145 Å². The Kier molecular flexibility index (Phi) is 9.71. The van der Waals surface area contributed by atoms with Crippen molar-refractivity contribution in [1.82, 2.24) is 5.32 Å². The molecule has 3 aromatic carbocycles. The van der Waals surface area contributed by atoms with E-state index in [1.54, 1.807) is 24.3 Å². The van der Waals surface area contributed by atoms with Crippen molar-refractivity contribution in [3.05, 3.63) is 66.2 Å². The molecule has 0 spiro atoms. The van der Waals surface area contributed by atoms with Gasteiger partial charge in [-0.3, -0.25) is 9.59 Å². The van der Waals surface area contributed by atoms with Crippen LogP contribution < -0.4 is 15.8 Å². The third-order valence-electron chi connectivity index (χ3n) is 6.42. The first-order valence-corrected chi connectivity index (χ1v) is 14.1. The molecular formula is C28H34N2O7S. The van der Waals surface area contributed by atoms with Gasteiger partial charge in [0.2, 0.25) is 5.91 Å². The van der Waals surface area contributed by atoms with Crippen molar-refractivity contribution in [3.63, 3.8) is 0 Å². The van der Waals surface area contributed by atoms with E-state index in [0.29, 0.717) is 24.1 Å². The van der Waals surface area contributed by atoms with Crippen LogP contribution in [0.15, 0.2) is 65.6 Å². The average molecular weight is 543 g/mol. The highest BCUT2D eigenvalue weighted by Crippen LogP contribution is 2.35. The molecule has 0 aromatic heterocycles. The molecule has 9 nitrogen and oxygen atoms in total. The number of benzene rings is 3. The Morgan fingerprint density at radius 1 is 1.03 bits per heavy atom. The molecule has 1 aliphatic heterocycles. The van der Waals surface area contributed by atoms with E-state index < -0.39 is 20.5 Å². The van der Waals surface area contributed by atoms with Gasteiger partial charge in [-0.1, -0.05) is 44.2 Å². The van der Waals surface area contributed by atoms with Crippen LogP contribution in [-0.2, 0) is 19.4 Å². The predicted octanol–water partition coefficient (Wildman–Crippen LogP) is 3.58. The molecule has 4 rings (SSSR count). The summed E-state index contributed by atoms with van der Waals surface area (Å²) in [5.41, 5.74) is 5.70. The minimum atomic E-state index is -4.00. The zero-order valence-electron chi connectivity index (χ0n) is 21.6. The van der Waals surface area contributed by atoms with Gasteiger partial charge in [0, 0.05) is 25.1 Å². The predicted molar refractivity (Wildman–Crippen MR) is 145 cm³/mol. The number of amides is 2. The van der Waals surface area contributed by atoms with Crippen LogP contribution in [0.2, 0.25) is 0 Å². The van der Waals surface area contributed by atoms with Crippen LogP contribution >= 0.6 is 0 Å². The lowest BCUT2D eigenvalue weighted by molar-refractivity contribution is -0.122. The maximum absolute atomic E-state index is 13.2. The van der Waals surface area contributed by atoms with Crippen molar-refractivity contribution in [3.8, 4) is 11.5 Å². The first-order chi connectivity index (χ1) is 18.3. The number of aromatic hydroxyl groups is 1. The van der Waals surface area contributed by atoms with Gasteiger partial charge >= 0.3 is 0 Å². The minimum Gasteiger partial charge on any atom is -0.506 e. The molecule has 0 unspecified atom stereocenters. The highest BCUT2D eigenvalue weighted by molar-refractivity contribution is 7.93. The van der Waals surface area contributed by atoms with Crippen molar-refractivity contribution in [1.29, 1.82) is 0 Å². The lowest BCUT2D eigenvalue weighted by atomic mass is 9.98. The van der Waals surface area contributed by atoms with Gasteiger partial charge in [0.25, 0.3) is 5.91 Å². The Hall–Kier alpha value is -3.63. The van der Waals surface area contributed by atoms with E-state index in [0.717, 1.165) is 5.39 Å². The molecule has 204 valence electrons. The number of ether oxygens (including phenoxy) is 2. The number of carbonyl (C=O) groups is 2. The van der Waals surface area contributed by atoms with Crippen LogP contribution in [0, 0.1) is 0 Å². The fourth-order valence-corrected chi connectivity index (χ4v) is 6.20. The fourth-order valence-electron chi connectivity index (χ4n) is 4.29. The van der Waals surface area contributed by atoms with Crippen molar-refractivity contribution in [2.75, 3.05) is 26.4 Å². The summed E-state index contributed by atoms with van der Waals surface area (Å²) in [7, 11) is -4.00. The largest absolute Gasteiger partial charge is 0.506 e. The van der Waals surface area contributed by atoms with Crippen LogP contribution in [0.5, 0.6) is 11.5 Å². The molecule has 0 radical (unpaired) electrons. The number of phenols is 1. The lowest BCUT2D eigenvalue weighted by Gasteiger charge is -2.33. The monoisotopic (exact) mass is 542 g/mol. The average Bonchev–Trinajstić information content (AvgIpc) is 2.94. The summed E-state index contributed by atoms with van der Waals surface area (Å²) in [4.78, 5) is 24.6. The summed E-state index contributed by atoms with van der Waals surface area (Å²) in [5.74, 6) is -0.863. The van der Waals surface area contributed by atoms with Gasteiger partial charge in [-0.15, -0.1) is 0 Å². The zero-order valence-corrected chi connectivity index (χ0v) is 22.4. The summed E-state index contributed by atoms with van der Waals surface area (Å²) in [5, 5.41) is 14.6. The smallest absolute Gasteiger partial charge is 0.255 e. The van der Waals surface area contributed by atoms with Gasteiger partial charge in [0.15, 0.2) is 14.6 Å². The fraction of sp³-hybridized carbons (Fsp3) is 0.357. The van der Waals surface area contributed by atoms with Gasteiger partial charge in [0.05, 0.1) is 17.1 Å². The van der Waals surface area contributed by atoms with Crippen molar-refractivity contribution in [2.45, 2.75) is 42.8 Å². The summed E-state index contributed by atoms with van der Waals surface area (Å²) >= 11 is 0. The highest BCUT2D eigenvalue weighted by atomic mass is 32.2. The zero-order chi connectivity index (χ0) is 27.8. The molecule has 1 fully saturated rings. The molecule has 2 amide bonds. The van der Waals surface area contributed by atoms with E-state index in [2.05, 4.69) is 5.32 Å². The molecule has 4 N–H and O–H groups in total. The van der Waals surface area contributed by atoms with Crippen LogP contribution in [0.3, 0.4) is 0 Å². The number of nitrogens with one attached hydrogen (secondary N) is 1. The van der Waals surface area contributed by atoms with E-state index >= 15 is 0 Å². The molecule has 1 aliphatic rings. The number of sulfone groups is 1. The van der Waals surface area contributed by atoms with E-state index in [4.69, 9.17) is 15.2 Å². The van der Waals surface area contributed by atoms with E-state index in [-0.39, 0.29) is 54.8 Å². The Labute approximate surface area is 222 Å². The molecule has 1 saturated heterocycles. The van der Waals surface area contributed by atoms with Crippen molar-refractivity contribution in [2.24, 2.45) is 5.73 Å². The second-order valence-electron chi connectivity index (χ2n) is 8.59. The standard InChI is InChI=1S/C26H28N2O7S.C2H6/c27-25(31)26(12-16-34-17-13-26)36(32,33)20-9-7-19(8-10-20)35-15-3-14-28-24(30)22-11-6-18-4-1-2-5-21(18)23(22)29;1-2/h1-2,4-11,29H,3,12-17H2,(H2,27,31)(H,28,30);1-2H3. The highest BCUT2D eigenvalue weighted by Gasteiger charge is 2.51.